The predicted octanol–water partition coefficient (Wildman–Crippen LogP) is 2.41. The van der Waals surface area contributed by atoms with Gasteiger partial charge < -0.3 is 10.7 Å². The Kier molecular flexibility index (Phi) is 5.27. The predicted molar refractivity (Wildman–Crippen MR) is 88.1 cm³/mol. The molecule has 4 N–H and O–H groups in total. The van der Waals surface area contributed by atoms with Crippen molar-refractivity contribution < 1.29 is 4.79 Å². The van der Waals surface area contributed by atoms with Gasteiger partial charge in [-0.05, 0) is 29.9 Å². The Morgan fingerprint density at radius 3 is 2.57 bits per heavy atom. The molecule has 0 aromatic heterocycles. The molecule has 0 aliphatic heterocycles. The standard InChI is InChI=1S/C15H14ClN3OS/c16-12-7-6-11(9-18-15(21)19-17)13(8-12)14(20)10-4-2-1-3-5-10/h1-8H,9,17H2,(H2,18,19,21). The van der Waals surface area contributed by atoms with Crippen LogP contribution < -0.4 is 16.6 Å². The number of ketones is 1. The molecule has 21 heavy (non-hydrogen) atoms. The van der Waals surface area contributed by atoms with Gasteiger partial charge in [0.15, 0.2) is 10.9 Å². The highest BCUT2D eigenvalue weighted by molar-refractivity contribution is 7.80. The Balaban J connectivity index is 2.31. The van der Waals surface area contributed by atoms with E-state index >= 15 is 0 Å². The van der Waals surface area contributed by atoms with Gasteiger partial charge in [0.1, 0.15) is 0 Å². The average Bonchev–Trinajstić information content (AvgIpc) is 2.53. The van der Waals surface area contributed by atoms with Crippen LogP contribution in [0.4, 0.5) is 0 Å². The highest BCUT2D eigenvalue weighted by Gasteiger charge is 2.14. The van der Waals surface area contributed by atoms with E-state index in [9.17, 15) is 4.79 Å². The summed E-state index contributed by atoms with van der Waals surface area (Å²) in [5, 5.41) is 3.73. The molecule has 0 unspecified atom stereocenters. The normalized spacial score (nSPS) is 10.0. The lowest BCUT2D eigenvalue weighted by Crippen LogP contribution is -2.39. The van der Waals surface area contributed by atoms with E-state index in [1.807, 2.05) is 18.2 Å². The molecule has 0 bridgehead atoms. The second-order valence-electron chi connectivity index (χ2n) is 4.32. The molecule has 0 amide bonds. The molecule has 108 valence electrons. The van der Waals surface area contributed by atoms with E-state index in [-0.39, 0.29) is 5.78 Å². The van der Waals surface area contributed by atoms with Gasteiger partial charge in [0, 0.05) is 22.7 Å². The lowest BCUT2D eigenvalue weighted by atomic mass is 9.98. The maximum absolute atomic E-state index is 12.6. The van der Waals surface area contributed by atoms with Crippen LogP contribution in [-0.4, -0.2) is 10.9 Å². The summed E-state index contributed by atoms with van der Waals surface area (Å²) in [5.74, 6) is 5.13. The van der Waals surface area contributed by atoms with Crippen LogP contribution in [0.25, 0.3) is 0 Å². The third-order valence-electron chi connectivity index (χ3n) is 2.92. The fourth-order valence-electron chi connectivity index (χ4n) is 1.89. The second kappa shape index (κ2) is 7.17. The molecule has 0 saturated heterocycles. The minimum atomic E-state index is -0.0819. The number of benzene rings is 2. The monoisotopic (exact) mass is 319 g/mol. The van der Waals surface area contributed by atoms with E-state index < -0.39 is 0 Å². The summed E-state index contributed by atoms with van der Waals surface area (Å²) in [6.07, 6.45) is 0. The van der Waals surface area contributed by atoms with E-state index in [2.05, 4.69) is 10.7 Å². The van der Waals surface area contributed by atoms with E-state index in [1.54, 1.807) is 30.3 Å². The summed E-state index contributed by atoms with van der Waals surface area (Å²) in [5.41, 5.74) is 4.29. The molecule has 4 nitrogen and oxygen atoms in total. The first kappa shape index (κ1) is 15.4. The molecular formula is C15H14ClN3OS. The Hall–Kier alpha value is -1.95. The fourth-order valence-corrected chi connectivity index (χ4v) is 2.13. The van der Waals surface area contributed by atoms with Crippen molar-refractivity contribution in [3.8, 4) is 0 Å². The SMILES string of the molecule is NNC(=S)NCc1ccc(Cl)cc1C(=O)c1ccccc1. The number of carbonyl (C=O) groups excluding carboxylic acids is 1. The first-order valence-corrected chi connectivity index (χ1v) is 7.03. The quantitative estimate of drug-likeness (QED) is 0.349. The van der Waals surface area contributed by atoms with Gasteiger partial charge >= 0.3 is 0 Å². The Labute approximate surface area is 133 Å². The zero-order valence-electron chi connectivity index (χ0n) is 11.1. The van der Waals surface area contributed by atoms with E-state index in [4.69, 9.17) is 29.7 Å². The van der Waals surface area contributed by atoms with Crippen LogP contribution in [0.15, 0.2) is 48.5 Å². The number of rotatable bonds is 4. The number of carbonyl (C=O) groups is 1. The first-order chi connectivity index (χ1) is 10.1. The van der Waals surface area contributed by atoms with Crippen molar-refractivity contribution in [3.05, 3.63) is 70.2 Å². The second-order valence-corrected chi connectivity index (χ2v) is 5.17. The average molecular weight is 320 g/mol. The van der Waals surface area contributed by atoms with Crippen LogP contribution in [0.2, 0.25) is 5.02 Å². The number of thiocarbonyl (C=S) groups is 1. The van der Waals surface area contributed by atoms with Crippen LogP contribution in [0.1, 0.15) is 21.5 Å². The minimum absolute atomic E-state index is 0.0819. The molecule has 0 saturated carbocycles. The zero-order valence-corrected chi connectivity index (χ0v) is 12.7. The van der Waals surface area contributed by atoms with E-state index in [0.717, 1.165) is 5.56 Å². The summed E-state index contributed by atoms with van der Waals surface area (Å²) >= 11 is 10.9. The molecule has 2 aromatic carbocycles. The lowest BCUT2D eigenvalue weighted by Gasteiger charge is -2.11. The molecular weight excluding hydrogens is 306 g/mol. The van der Waals surface area contributed by atoms with Gasteiger partial charge in [-0.1, -0.05) is 48.0 Å². The maximum Gasteiger partial charge on any atom is 0.193 e. The van der Waals surface area contributed by atoms with Crippen LogP contribution in [0.3, 0.4) is 0 Å². The van der Waals surface area contributed by atoms with Gasteiger partial charge in [-0.2, -0.15) is 0 Å². The van der Waals surface area contributed by atoms with E-state index in [1.165, 1.54) is 0 Å². The van der Waals surface area contributed by atoms with Crippen molar-refractivity contribution in [2.45, 2.75) is 6.54 Å². The molecule has 2 aromatic rings. The summed E-state index contributed by atoms with van der Waals surface area (Å²) in [7, 11) is 0. The molecule has 0 spiro atoms. The molecule has 6 heteroatoms. The van der Waals surface area contributed by atoms with Crippen LogP contribution >= 0.6 is 23.8 Å². The summed E-state index contributed by atoms with van der Waals surface area (Å²) < 4.78 is 0. The van der Waals surface area contributed by atoms with Crippen LogP contribution in [-0.2, 0) is 6.54 Å². The largest absolute Gasteiger partial charge is 0.358 e. The first-order valence-electron chi connectivity index (χ1n) is 6.24. The van der Waals surface area contributed by atoms with E-state index in [0.29, 0.717) is 27.8 Å². The molecule has 2 rings (SSSR count). The zero-order chi connectivity index (χ0) is 15.2. The maximum atomic E-state index is 12.6. The molecule has 0 aliphatic carbocycles. The number of hydrogen-bond acceptors (Lipinski definition) is 3. The number of nitrogens with two attached hydrogens (primary N) is 1. The van der Waals surface area contributed by atoms with Gasteiger partial charge in [-0.3, -0.25) is 4.79 Å². The molecule has 0 radical (unpaired) electrons. The number of halogens is 1. The molecule has 0 heterocycles. The lowest BCUT2D eigenvalue weighted by molar-refractivity contribution is 0.103. The van der Waals surface area contributed by atoms with Crippen molar-refractivity contribution in [1.82, 2.24) is 10.7 Å². The topological polar surface area (TPSA) is 67.2 Å². The number of nitrogens with one attached hydrogen (secondary N) is 2. The fraction of sp³-hybridized carbons (Fsp3) is 0.0667. The molecule has 0 aliphatic rings. The Morgan fingerprint density at radius 1 is 1.19 bits per heavy atom. The van der Waals surface area contributed by atoms with Gasteiger partial charge in [0.2, 0.25) is 0 Å². The summed E-state index contributed by atoms with van der Waals surface area (Å²) in [4.78, 5) is 12.6. The number of hydrogen-bond donors (Lipinski definition) is 3. The molecule has 0 fully saturated rings. The highest BCUT2D eigenvalue weighted by Crippen LogP contribution is 2.19. The van der Waals surface area contributed by atoms with Gasteiger partial charge in [0.25, 0.3) is 0 Å². The number of hydrazine groups is 1. The Bertz CT molecular complexity index is 661. The summed E-state index contributed by atoms with van der Waals surface area (Å²) in [6.45, 7) is 0.383. The molecule has 0 atom stereocenters. The van der Waals surface area contributed by atoms with Gasteiger partial charge in [0.05, 0.1) is 0 Å². The van der Waals surface area contributed by atoms with Crippen molar-refractivity contribution in [1.29, 1.82) is 0 Å². The van der Waals surface area contributed by atoms with Crippen molar-refractivity contribution in [3.63, 3.8) is 0 Å². The third kappa shape index (κ3) is 4.01. The van der Waals surface area contributed by atoms with Crippen LogP contribution in [0.5, 0.6) is 0 Å². The van der Waals surface area contributed by atoms with Crippen molar-refractivity contribution in [2.24, 2.45) is 5.84 Å². The van der Waals surface area contributed by atoms with Crippen LogP contribution in [0, 0.1) is 0 Å². The summed E-state index contributed by atoms with van der Waals surface area (Å²) in [6, 6.07) is 14.2. The van der Waals surface area contributed by atoms with Gasteiger partial charge in [-0.15, -0.1) is 0 Å². The minimum Gasteiger partial charge on any atom is -0.358 e. The van der Waals surface area contributed by atoms with Crippen molar-refractivity contribution >= 4 is 34.7 Å². The van der Waals surface area contributed by atoms with Gasteiger partial charge in [-0.25, -0.2) is 5.84 Å². The van der Waals surface area contributed by atoms with Crippen molar-refractivity contribution in [2.75, 3.05) is 0 Å². The Morgan fingerprint density at radius 2 is 1.90 bits per heavy atom. The third-order valence-corrected chi connectivity index (χ3v) is 3.42. The highest BCUT2D eigenvalue weighted by atomic mass is 35.5. The smallest absolute Gasteiger partial charge is 0.193 e.